The highest BCUT2D eigenvalue weighted by Crippen LogP contribution is 2.30. The Morgan fingerprint density at radius 3 is 2.87 bits per heavy atom. The number of hydrogen-bond donors (Lipinski definition) is 1. The Hall–Kier alpha value is -2.14. The van der Waals surface area contributed by atoms with Crippen LogP contribution in [0.4, 0.5) is 0 Å². The van der Waals surface area contributed by atoms with Crippen LogP contribution in [-0.2, 0) is 16.9 Å². The third-order valence-electron chi connectivity index (χ3n) is 4.80. The zero-order chi connectivity index (χ0) is 16.3. The highest BCUT2D eigenvalue weighted by Gasteiger charge is 2.44. The van der Waals surface area contributed by atoms with Crippen LogP contribution in [-0.4, -0.2) is 40.7 Å². The normalized spacial score (nSPS) is 22.0. The molecule has 5 nitrogen and oxygen atoms in total. The van der Waals surface area contributed by atoms with E-state index in [1.807, 2.05) is 16.9 Å². The average Bonchev–Trinajstić information content (AvgIpc) is 3.11. The van der Waals surface area contributed by atoms with Crippen molar-refractivity contribution in [1.29, 1.82) is 0 Å². The number of carbonyl (C=O) groups excluding carboxylic acids is 1. The lowest BCUT2D eigenvalue weighted by atomic mass is 9.87. The molecule has 1 fully saturated rings. The number of rotatable bonds is 4. The van der Waals surface area contributed by atoms with E-state index in [0.717, 1.165) is 25.9 Å². The van der Waals surface area contributed by atoms with Gasteiger partial charge in [0, 0.05) is 32.5 Å². The third-order valence-corrected chi connectivity index (χ3v) is 4.80. The molecule has 0 radical (unpaired) electrons. The first kappa shape index (κ1) is 15.7. The summed E-state index contributed by atoms with van der Waals surface area (Å²) in [6, 6.07) is 10.3. The van der Waals surface area contributed by atoms with E-state index in [4.69, 9.17) is 0 Å². The number of piperidine rings is 1. The zero-order valence-corrected chi connectivity index (χ0v) is 13.8. The molecule has 0 bridgehead atoms. The van der Waals surface area contributed by atoms with Gasteiger partial charge in [0.1, 0.15) is 0 Å². The van der Waals surface area contributed by atoms with Crippen LogP contribution >= 0.6 is 0 Å². The molecular formula is C18H24N4O. The summed E-state index contributed by atoms with van der Waals surface area (Å²) in [5.74, 6) is 0.0377. The van der Waals surface area contributed by atoms with Crippen LogP contribution in [0.15, 0.2) is 42.7 Å². The van der Waals surface area contributed by atoms with E-state index in [9.17, 15) is 4.79 Å². The van der Waals surface area contributed by atoms with E-state index < -0.39 is 5.54 Å². The number of aromatic nitrogens is 2. The first-order valence-corrected chi connectivity index (χ1v) is 8.15. The number of nitrogens with one attached hydrogen (secondary N) is 1. The number of carbonyl (C=O) groups is 1. The summed E-state index contributed by atoms with van der Waals surface area (Å²) in [5, 5.41) is 7.20. The van der Waals surface area contributed by atoms with Crippen LogP contribution in [0.1, 0.15) is 24.0 Å². The minimum atomic E-state index is -0.612. The van der Waals surface area contributed by atoms with Gasteiger partial charge in [0.2, 0.25) is 5.91 Å². The van der Waals surface area contributed by atoms with Crippen molar-refractivity contribution in [3.8, 4) is 0 Å². The summed E-state index contributed by atoms with van der Waals surface area (Å²) in [7, 11) is 1.70. The summed E-state index contributed by atoms with van der Waals surface area (Å²) >= 11 is 0. The molecule has 1 amide bonds. The highest BCUT2D eigenvalue weighted by atomic mass is 16.2. The Morgan fingerprint density at radius 1 is 1.35 bits per heavy atom. The van der Waals surface area contributed by atoms with Gasteiger partial charge in [-0.15, -0.1) is 0 Å². The van der Waals surface area contributed by atoms with Crippen molar-refractivity contribution in [1.82, 2.24) is 20.0 Å². The number of benzene rings is 1. The first-order valence-electron chi connectivity index (χ1n) is 8.15. The molecule has 1 saturated heterocycles. The van der Waals surface area contributed by atoms with Gasteiger partial charge in [0.05, 0.1) is 0 Å². The second kappa shape index (κ2) is 6.54. The third kappa shape index (κ3) is 3.01. The molecule has 5 heteroatoms. The fraction of sp³-hybridized carbons (Fsp3) is 0.444. The van der Waals surface area contributed by atoms with Crippen LogP contribution in [0.3, 0.4) is 0 Å². The van der Waals surface area contributed by atoms with Gasteiger partial charge >= 0.3 is 0 Å². The van der Waals surface area contributed by atoms with Crippen molar-refractivity contribution in [2.24, 2.45) is 0 Å². The predicted molar refractivity (Wildman–Crippen MR) is 90.0 cm³/mol. The Morgan fingerprint density at radius 2 is 2.17 bits per heavy atom. The summed E-state index contributed by atoms with van der Waals surface area (Å²) in [6.07, 6.45) is 5.44. The molecule has 3 rings (SSSR count). The molecule has 1 atom stereocenters. The van der Waals surface area contributed by atoms with Gasteiger partial charge in [0.15, 0.2) is 5.54 Å². The van der Waals surface area contributed by atoms with E-state index >= 15 is 0 Å². The van der Waals surface area contributed by atoms with Crippen molar-refractivity contribution in [3.05, 3.63) is 53.9 Å². The predicted octanol–water partition coefficient (Wildman–Crippen LogP) is 1.93. The Balaban J connectivity index is 1.85. The van der Waals surface area contributed by atoms with Crippen LogP contribution in [0.5, 0.6) is 0 Å². The Bertz CT molecular complexity index is 667. The molecule has 0 aliphatic carbocycles. The molecule has 0 saturated carbocycles. The minimum absolute atomic E-state index is 0.0377. The van der Waals surface area contributed by atoms with Gasteiger partial charge in [-0.2, -0.15) is 5.10 Å². The smallest absolute Gasteiger partial charge is 0.249 e. The quantitative estimate of drug-likeness (QED) is 0.938. The van der Waals surface area contributed by atoms with Crippen LogP contribution < -0.4 is 5.32 Å². The molecule has 1 aliphatic rings. The molecule has 1 aromatic carbocycles. The van der Waals surface area contributed by atoms with Gasteiger partial charge in [-0.3, -0.25) is 14.4 Å². The van der Waals surface area contributed by atoms with Gasteiger partial charge < -0.3 is 5.32 Å². The monoisotopic (exact) mass is 312 g/mol. The van der Waals surface area contributed by atoms with Gasteiger partial charge in [-0.25, -0.2) is 0 Å². The summed E-state index contributed by atoms with van der Waals surface area (Å²) in [5.41, 5.74) is 2.00. The summed E-state index contributed by atoms with van der Waals surface area (Å²) < 4.78 is 1.83. The van der Waals surface area contributed by atoms with E-state index in [2.05, 4.69) is 46.5 Å². The number of hydrogen-bond acceptors (Lipinski definition) is 3. The number of likely N-dealkylation sites (N-methyl/N-ethyl adjacent to an activating group) is 1. The van der Waals surface area contributed by atoms with Crippen molar-refractivity contribution in [2.45, 2.75) is 31.8 Å². The maximum Gasteiger partial charge on any atom is 0.249 e. The van der Waals surface area contributed by atoms with Crippen molar-refractivity contribution >= 4 is 5.91 Å². The van der Waals surface area contributed by atoms with Crippen LogP contribution in [0, 0.1) is 6.92 Å². The second-order valence-electron chi connectivity index (χ2n) is 6.30. The molecule has 1 unspecified atom stereocenters. The van der Waals surface area contributed by atoms with Gasteiger partial charge in [0.25, 0.3) is 0 Å². The van der Waals surface area contributed by atoms with Crippen molar-refractivity contribution < 1.29 is 4.79 Å². The first-order chi connectivity index (χ1) is 11.2. The molecule has 1 aliphatic heterocycles. The summed E-state index contributed by atoms with van der Waals surface area (Å²) in [4.78, 5) is 15.0. The topological polar surface area (TPSA) is 50.2 Å². The van der Waals surface area contributed by atoms with Crippen LogP contribution in [0.25, 0.3) is 0 Å². The Kier molecular flexibility index (Phi) is 4.48. The standard InChI is InChI=1S/C18H24N4O/c1-15-7-3-4-8-16(15)13-21-11-5-9-18(14-21,17(23)19-2)22-12-6-10-20-22/h3-4,6-8,10,12H,5,9,11,13-14H2,1-2H3,(H,19,23). The molecule has 2 aromatic rings. The number of likely N-dealkylation sites (tertiary alicyclic amines) is 1. The molecule has 122 valence electrons. The lowest BCUT2D eigenvalue weighted by Crippen LogP contribution is -2.57. The maximum absolute atomic E-state index is 12.7. The van der Waals surface area contributed by atoms with Gasteiger partial charge in [-0.1, -0.05) is 24.3 Å². The van der Waals surface area contributed by atoms with Crippen molar-refractivity contribution in [2.75, 3.05) is 20.1 Å². The maximum atomic E-state index is 12.7. The molecule has 1 N–H and O–H groups in total. The highest BCUT2D eigenvalue weighted by molar-refractivity contribution is 5.84. The lowest BCUT2D eigenvalue weighted by molar-refractivity contribution is -0.133. The molecule has 23 heavy (non-hydrogen) atoms. The van der Waals surface area contributed by atoms with E-state index in [0.29, 0.717) is 6.54 Å². The number of amides is 1. The zero-order valence-electron chi connectivity index (χ0n) is 13.8. The van der Waals surface area contributed by atoms with Crippen LogP contribution in [0.2, 0.25) is 0 Å². The molecular weight excluding hydrogens is 288 g/mol. The fourth-order valence-electron chi connectivity index (χ4n) is 3.52. The Labute approximate surface area is 137 Å². The lowest BCUT2D eigenvalue weighted by Gasteiger charge is -2.41. The SMILES string of the molecule is CNC(=O)C1(n2cccn2)CCCN(Cc2ccccc2C)C1. The fourth-order valence-corrected chi connectivity index (χ4v) is 3.52. The minimum Gasteiger partial charge on any atom is -0.357 e. The van der Waals surface area contributed by atoms with E-state index in [1.165, 1.54) is 11.1 Å². The summed E-state index contributed by atoms with van der Waals surface area (Å²) in [6.45, 7) is 4.70. The number of aryl methyl sites for hydroxylation is 1. The van der Waals surface area contributed by atoms with E-state index in [-0.39, 0.29) is 5.91 Å². The van der Waals surface area contributed by atoms with Crippen molar-refractivity contribution in [3.63, 3.8) is 0 Å². The molecule has 1 aromatic heterocycles. The largest absolute Gasteiger partial charge is 0.357 e. The number of nitrogens with zero attached hydrogens (tertiary/aromatic N) is 3. The van der Waals surface area contributed by atoms with E-state index in [1.54, 1.807) is 13.2 Å². The average molecular weight is 312 g/mol. The molecule has 2 heterocycles. The molecule has 0 spiro atoms. The van der Waals surface area contributed by atoms with Gasteiger partial charge in [-0.05, 0) is 43.5 Å². The second-order valence-corrected chi connectivity index (χ2v) is 6.30.